The smallest absolute Gasteiger partial charge is 0.338 e. The summed E-state index contributed by atoms with van der Waals surface area (Å²) in [4.78, 5) is 32.7. The number of rotatable bonds is 9. The maximum atomic E-state index is 13.7. The van der Waals surface area contributed by atoms with Gasteiger partial charge in [-0.1, -0.05) is 72.3 Å². The first kappa shape index (κ1) is 28.5. The van der Waals surface area contributed by atoms with Gasteiger partial charge in [-0.05, 0) is 76.9 Å². The number of amides is 1. The molecule has 43 heavy (non-hydrogen) atoms. The molecule has 214 valence electrons. The highest BCUT2D eigenvalue weighted by Gasteiger charge is 2.49. The van der Waals surface area contributed by atoms with Crippen LogP contribution in [0.2, 0.25) is 5.02 Å². The first-order chi connectivity index (χ1) is 21.0. The Morgan fingerprint density at radius 2 is 1.60 bits per heavy atom. The Morgan fingerprint density at radius 3 is 2.28 bits per heavy atom. The standard InChI is InChI=1S/C35H27ClN2O4S/c36-28-14-8-24(9-15-28)31(42-35(41)26-5-2-1-3-6-26)22-43-33-32(25-12-18-30(39)19-13-25)38(34(33)40)29-16-10-23(11-17-29)27-7-4-20-37-21-27/h1-21,31-33,39H,22H2/t31?,32-,33-/m1/s1. The van der Waals surface area contributed by atoms with Crippen LogP contribution in [0.15, 0.2) is 128 Å². The third kappa shape index (κ3) is 6.28. The summed E-state index contributed by atoms with van der Waals surface area (Å²) in [6.45, 7) is 0. The average Bonchev–Trinajstić information content (AvgIpc) is 3.05. The van der Waals surface area contributed by atoms with Crippen molar-refractivity contribution >= 4 is 40.9 Å². The van der Waals surface area contributed by atoms with Crippen molar-refractivity contribution in [3.63, 3.8) is 0 Å². The van der Waals surface area contributed by atoms with Gasteiger partial charge in [0.2, 0.25) is 5.91 Å². The van der Waals surface area contributed by atoms with Crippen molar-refractivity contribution in [2.75, 3.05) is 10.7 Å². The second kappa shape index (κ2) is 12.7. The summed E-state index contributed by atoms with van der Waals surface area (Å²) in [5.41, 5.74) is 4.91. The van der Waals surface area contributed by atoms with E-state index < -0.39 is 17.3 Å². The van der Waals surface area contributed by atoms with Crippen molar-refractivity contribution in [1.82, 2.24) is 4.98 Å². The lowest BCUT2D eigenvalue weighted by Gasteiger charge is -2.47. The van der Waals surface area contributed by atoms with Gasteiger partial charge in [0.15, 0.2) is 0 Å². The van der Waals surface area contributed by atoms with Crippen LogP contribution in [0.25, 0.3) is 11.1 Å². The number of pyridine rings is 1. The van der Waals surface area contributed by atoms with Crippen LogP contribution in [0.1, 0.15) is 33.6 Å². The number of carbonyl (C=O) groups excluding carboxylic acids is 2. The number of anilines is 1. The number of phenols is 1. The fourth-order valence-corrected chi connectivity index (χ4v) is 6.58. The highest BCUT2D eigenvalue weighted by molar-refractivity contribution is 8.00. The molecule has 1 amide bonds. The maximum absolute atomic E-state index is 13.7. The van der Waals surface area contributed by atoms with E-state index in [1.165, 1.54) is 11.8 Å². The lowest BCUT2D eigenvalue weighted by Crippen LogP contribution is -2.57. The monoisotopic (exact) mass is 606 g/mol. The summed E-state index contributed by atoms with van der Waals surface area (Å²) in [5, 5.41) is 10.1. The van der Waals surface area contributed by atoms with Crippen LogP contribution in [0.4, 0.5) is 5.69 Å². The van der Waals surface area contributed by atoms with E-state index >= 15 is 0 Å². The van der Waals surface area contributed by atoms with Crippen LogP contribution in [-0.2, 0) is 9.53 Å². The Labute approximate surface area is 258 Å². The topological polar surface area (TPSA) is 79.7 Å². The van der Waals surface area contributed by atoms with Gasteiger partial charge in [-0.3, -0.25) is 9.78 Å². The minimum absolute atomic E-state index is 0.0403. The number of carbonyl (C=O) groups is 2. The number of hydrogen-bond acceptors (Lipinski definition) is 6. The van der Waals surface area contributed by atoms with Crippen LogP contribution >= 0.6 is 23.4 Å². The Balaban J connectivity index is 1.25. The average molecular weight is 607 g/mol. The Bertz CT molecular complexity index is 1700. The summed E-state index contributed by atoms with van der Waals surface area (Å²) < 4.78 is 5.97. The molecule has 2 heterocycles. The van der Waals surface area contributed by atoms with E-state index in [2.05, 4.69) is 4.98 Å². The van der Waals surface area contributed by atoms with Gasteiger partial charge in [-0.2, -0.15) is 0 Å². The van der Waals surface area contributed by atoms with Gasteiger partial charge in [-0.15, -0.1) is 11.8 Å². The van der Waals surface area contributed by atoms with Crippen molar-refractivity contribution < 1.29 is 19.4 Å². The second-order valence-corrected chi connectivity index (χ2v) is 11.7. The first-order valence-corrected chi connectivity index (χ1v) is 15.2. The molecule has 0 radical (unpaired) electrons. The molecule has 6 nitrogen and oxygen atoms in total. The molecule has 0 bridgehead atoms. The summed E-state index contributed by atoms with van der Waals surface area (Å²) in [6.07, 6.45) is 2.94. The van der Waals surface area contributed by atoms with Crippen LogP contribution in [-0.4, -0.2) is 33.0 Å². The minimum Gasteiger partial charge on any atom is -0.508 e. The Kier molecular flexibility index (Phi) is 8.45. The molecule has 4 aromatic carbocycles. The van der Waals surface area contributed by atoms with E-state index in [1.807, 2.05) is 66.7 Å². The van der Waals surface area contributed by atoms with Crippen LogP contribution in [0.3, 0.4) is 0 Å². The Hall–Kier alpha value is -4.59. The van der Waals surface area contributed by atoms with Gasteiger partial charge in [0, 0.05) is 28.9 Å². The summed E-state index contributed by atoms with van der Waals surface area (Å²) in [5.74, 6) is 0.0356. The van der Waals surface area contributed by atoms with Crippen LogP contribution in [0, 0.1) is 0 Å². The molecular weight excluding hydrogens is 580 g/mol. The zero-order valence-corrected chi connectivity index (χ0v) is 24.5. The molecule has 1 aliphatic heterocycles. The van der Waals surface area contributed by atoms with Crippen molar-refractivity contribution in [2.24, 2.45) is 0 Å². The minimum atomic E-state index is -0.601. The zero-order chi connectivity index (χ0) is 29.8. The molecule has 1 fully saturated rings. The number of aromatic hydroxyl groups is 1. The van der Waals surface area contributed by atoms with E-state index in [1.54, 1.807) is 65.8 Å². The summed E-state index contributed by atoms with van der Waals surface area (Å²) in [6, 6.07) is 34.4. The number of aromatic nitrogens is 1. The summed E-state index contributed by atoms with van der Waals surface area (Å²) in [7, 11) is 0. The van der Waals surface area contributed by atoms with Gasteiger partial charge in [0.05, 0.1) is 11.6 Å². The van der Waals surface area contributed by atoms with E-state index in [0.717, 1.165) is 27.9 Å². The predicted molar refractivity (Wildman–Crippen MR) is 170 cm³/mol. The molecule has 1 aliphatic rings. The SMILES string of the molecule is O=C(OC(CS[C@H]1C(=O)N(c2ccc(-c3cccnc3)cc2)[C@@H]1c1ccc(O)cc1)c1ccc(Cl)cc1)c1ccccc1. The largest absolute Gasteiger partial charge is 0.508 e. The predicted octanol–water partition coefficient (Wildman–Crippen LogP) is 7.90. The van der Waals surface area contributed by atoms with Crippen molar-refractivity contribution in [2.45, 2.75) is 17.4 Å². The van der Waals surface area contributed by atoms with Gasteiger partial charge in [0.1, 0.15) is 17.1 Å². The molecule has 0 spiro atoms. The number of ether oxygens (including phenoxy) is 1. The number of halogens is 1. The summed E-state index contributed by atoms with van der Waals surface area (Å²) >= 11 is 7.58. The molecule has 0 aliphatic carbocycles. The molecule has 6 rings (SSSR count). The van der Waals surface area contributed by atoms with Crippen molar-refractivity contribution in [3.8, 4) is 16.9 Å². The molecule has 0 saturated carbocycles. The van der Waals surface area contributed by atoms with Gasteiger partial charge >= 0.3 is 5.97 Å². The number of hydrogen-bond donors (Lipinski definition) is 1. The molecular formula is C35H27ClN2O4S. The highest BCUT2D eigenvalue weighted by Crippen LogP contribution is 2.46. The number of thioether (sulfide) groups is 1. The van der Waals surface area contributed by atoms with E-state index in [-0.39, 0.29) is 17.7 Å². The van der Waals surface area contributed by atoms with Crippen molar-refractivity contribution in [1.29, 1.82) is 0 Å². The molecule has 3 atom stereocenters. The third-order valence-corrected chi connectivity index (χ3v) is 8.91. The van der Waals surface area contributed by atoms with Crippen LogP contribution < -0.4 is 4.90 Å². The zero-order valence-electron chi connectivity index (χ0n) is 22.9. The lowest BCUT2D eigenvalue weighted by atomic mass is 9.92. The highest BCUT2D eigenvalue weighted by atomic mass is 35.5. The second-order valence-electron chi connectivity index (χ2n) is 10.1. The maximum Gasteiger partial charge on any atom is 0.338 e. The number of esters is 1. The van der Waals surface area contributed by atoms with E-state index in [0.29, 0.717) is 16.3 Å². The van der Waals surface area contributed by atoms with Crippen LogP contribution in [0.5, 0.6) is 5.75 Å². The number of benzene rings is 4. The lowest BCUT2D eigenvalue weighted by molar-refractivity contribution is -0.123. The molecule has 1 saturated heterocycles. The fraction of sp³-hybridized carbons (Fsp3) is 0.114. The molecule has 8 heteroatoms. The normalized spacial score (nSPS) is 16.8. The molecule has 1 N–H and O–H groups in total. The fourth-order valence-electron chi connectivity index (χ4n) is 5.09. The third-order valence-electron chi connectivity index (χ3n) is 7.35. The quantitative estimate of drug-likeness (QED) is 0.136. The van der Waals surface area contributed by atoms with E-state index in [4.69, 9.17) is 16.3 Å². The van der Waals surface area contributed by atoms with Gasteiger partial charge < -0.3 is 14.7 Å². The number of β-lactam (4-membered cyclic amide) rings is 1. The van der Waals surface area contributed by atoms with Crippen molar-refractivity contribution in [3.05, 3.63) is 149 Å². The number of nitrogens with zero attached hydrogens (tertiary/aromatic N) is 2. The molecule has 1 aromatic heterocycles. The van der Waals surface area contributed by atoms with E-state index in [9.17, 15) is 14.7 Å². The molecule has 1 unspecified atom stereocenters. The molecule has 5 aromatic rings. The Morgan fingerprint density at radius 1 is 0.884 bits per heavy atom. The van der Waals surface area contributed by atoms with Gasteiger partial charge in [-0.25, -0.2) is 4.79 Å². The first-order valence-electron chi connectivity index (χ1n) is 13.7. The number of phenolic OH excluding ortho intramolecular Hbond substituents is 1. The van der Waals surface area contributed by atoms with Gasteiger partial charge in [0.25, 0.3) is 0 Å².